The van der Waals surface area contributed by atoms with Gasteiger partial charge in [-0.3, -0.25) is 14.4 Å². The lowest BCUT2D eigenvalue weighted by atomic mass is 10.2. The summed E-state index contributed by atoms with van der Waals surface area (Å²) in [6.07, 6.45) is 0. The van der Waals surface area contributed by atoms with Crippen molar-refractivity contribution in [1.29, 1.82) is 0 Å². The summed E-state index contributed by atoms with van der Waals surface area (Å²) in [6.45, 7) is -0.252. The van der Waals surface area contributed by atoms with Crippen LogP contribution in [0.25, 0.3) is 0 Å². The molecule has 7 heteroatoms. The van der Waals surface area contributed by atoms with Crippen molar-refractivity contribution in [3.05, 3.63) is 65.7 Å². The maximum absolute atomic E-state index is 12.1. The Morgan fingerprint density at radius 2 is 1.57 bits per heavy atom. The number of benzene rings is 2. The van der Waals surface area contributed by atoms with Gasteiger partial charge < -0.3 is 19.9 Å². The van der Waals surface area contributed by atoms with Gasteiger partial charge in [0.1, 0.15) is 6.54 Å². The lowest BCUT2D eigenvalue weighted by molar-refractivity contribution is -0.150. The van der Waals surface area contributed by atoms with Crippen LogP contribution in [0.1, 0.15) is 15.9 Å². The number of anilines is 1. The number of nitrogens with zero attached hydrogens (tertiary/aromatic N) is 2. The van der Waals surface area contributed by atoms with Gasteiger partial charge in [0.2, 0.25) is 0 Å². The van der Waals surface area contributed by atoms with Crippen LogP contribution in [-0.4, -0.2) is 57.0 Å². The molecule has 2 aromatic rings. The molecule has 0 atom stereocenters. The summed E-state index contributed by atoms with van der Waals surface area (Å²) >= 11 is 0. The summed E-state index contributed by atoms with van der Waals surface area (Å²) in [7, 11) is 5.57. The second-order valence-electron chi connectivity index (χ2n) is 6.52. The average molecular weight is 383 g/mol. The average Bonchev–Trinajstić information content (AvgIpc) is 2.71. The first-order valence-corrected chi connectivity index (χ1v) is 8.86. The van der Waals surface area contributed by atoms with Crippen molar-refractivity contribution in [2.45, 2.75) is 6.54 Å². The molecule has 0 bridgehead atoms. The summed E-state index contributed by atoms with van der Waals surface area (Å²) < 4.78 is 4.95. The van der Waals surface area contributed by atoms with E-state index < -0.39 is 5.97 Å². The molecule has 0 aliphatic rings. The highest BCUT2D eigenvalue weighted by Gasteiger charge is 2.14. The number of amides is 2. The van der Waals surface area contributed by atoms with Crippen molar-refractivity contribution in [3.63, 3.8) is 0 Å². The molecule has 2 amide bonds. The first kappa shape index (κ1) is 21.0. The summed E-state index contributed by atoms with van der Waals surface area (Å²) in [5.74, 6) is -1.36. The standard InChI is InChI=1S/C21H25N3O4/c1-23(2)18-11-9-16(10-12-18)14-24(3)19(25)15-28-20(26)13-22-21(27)17-7-5-4-6-8-17/h4-12H,13-15H2,1-3H3,(H,22,27). The molecule has 0 aliphatic heterocycles. The maximum atomic E-state index is 12.1. The Bertz CT molecular complexity index is 804. The van der Waals surface area contributed by atoms with E-state index >= 15 is 0 Å². The highest BCUT2D eigenvalue weighted by atomic mass is 16.5. The van der Waals surface area contributed by atoms with Crippen molar-refractivity contribution in [2.24, 2.45) is 0 Å². The van der Waals surface area contributed by atoms with Crippen molar-refractivity contribution >= 4 is 23.5 Å². The van der Waals surface area contributed by atoms with Crippen LogP contribution in [0.4, 0.5) is 5.69 Å². The SMILES string of the molecule is CN(Cc1ccc(N(C)C)cc1)C(=O)COC(=O)CNC(=O)c1ccccc1. The number of likely N-dealkylation sites (N-methyl/N-ethyl adjacent to an activating group) is 1. The number of esters is 1. The molecule has 7 nitrogen and oxygen atoms in total. The van der Waals surface area contributed by atoms with E-state index in [9.17, 15) is 14.4 Å². The molecule has 2 rings (SSSR count). The zero-order chi connectivity index (χ0) is 20.5. The summed E-state index contributed by atoms with van der Waals surface area (Å²) in [5, 5.41) is 2.46. The molecule has 148 valence electrons. The fraction of sp³-hybridized carbons (Fsp3) is 0.286. The predicted octanol–water partition coefficient (Wildman–Crippen LogP) is 1.68. The number of hydrogen-bond acceptors (Lipinski definition) is 5. The molecule has 1 N–H and O–H groups in total. The Balaban J connectivity index is 1.73. The minimum Gasteiger partial charge on any atom is -0.454 e. The van der Waals surface area contributed by atoms with E-state index in [1.165, 1.54) is 4.90 Å². The number of nitrogens with one attached hydrogen (secondary N) is 1. The van der Waals surface area contributed by atoms with Crippen molar-refractivity contribution in [1.82, 2.24) is 10.2 Å². The molecule has 28 heavy (non-hydrogen) atoms. The van der Waals surface area contributed by atoms with Crippen LogP contribution < -0.4 is 10.2 Å². The minimum absolute atomic E-state index is 0.295. The molecule has 0 unspecified atom stereocenters. The van der Waals surface area contributed by atoms with Gasteiger partial charge in [0.15, 0.2) is 6.61 Å². The van der Waals surface area contributed by atoms with E-state index in [4.69, 9.17) is 4.74 Å². The first-order valence-electron chi connectivity index (χ1n) is 8.86. The second kappa shape index (κ2) is 10.1. The molecule has 0 heterocycles. The Morgan fingerprint density at radius 3 is 2.18 bits per heavy atom. The van der Waals surface area contributed by atoms with Crippen molar-refractivity contribution in [3.8, 4) is 0 Å². The van der Waals surface area contributed by atoms with E-state index in [0.29, 0.717) is 12.1 Å². The van der Waals surface area contributed by atoms with Crippen LogP contribution in [0.5, 0.6) is 0 Å². The summed E-state index contributed by atoms with van der Waals surface area (Å²) in [6, 6.07) is 16.4. The molecule has 2 aromatic carbocycles. The summed E-state index contributed by atoms with van der Waals surface area (Å²) in [4.78, 5) is 39.2. The highest BCUT2D eigenvalue weighted by Crippen LogP contribution is 2.13. The molecule has 0 spiro atoms. The largest absolute Gasteiger partial charge is 0.454 e. The van der Waals surface area contributed by atoms with Crippen LogP contribution in [-0.2, 0) is 20.9 Å². The number of rotatable bonds is 8. The smallest absolute Gasteiger partial charge is 0.325 e. The van der Waals surface area contributed by atoms with Gasteiger partial charge in [0.25, 0.3) is 11.8 Å². The van der Waals surface area contributed by atoms with Crippen LogP contribution in [0.2, 0.25) is 0 Å². The number of carbonyl (C=O) groups excluding carboxylic acids is 3. The topological polar surface area (TPSA) is 79.0 Å². The van der Waals surface area contributed by atoms with E-state index in [-0.39, 0.29) is 25.0 Å². The zero-order valence-electron chi connectivity index (χ0n) is 16.3. The lowest BCUT2D eigenvalue weighted by Gasteiger charge is -2.18. The van der Waals surface area contributed by atoms with Gasteiger partial charge in [-0.05, 0) is 29.8 Å². The fourth-order valence-electron chi connectivity index (χ4n) is 2.41. The van der Waals surface area contributed by atoms with Gasteiger partial charge >= 0.3 is 5.97 Å². The minimum atomic E-state index is -0.665. The Labute approximate surface area is 164 Å². The molecule has 0 radical (unpaired) electrons. The van der Waals surface area contributed by atoms with E-state index in [2.05, 4.69) is 5.32 Å². The lowest BCUT2D eigenvalue weighted by Crippen LogP contribution is -2.34. The quantitative estimate of drug-likeness (QED) is 0.702. The van der Waals surface area contributed by atoms with Crippen LogP contribution in [0, 0.1) is 0 Å². The van der Waals surface area contributed by atoms with E-state index in [1.54, 1.807) is 37.4 Å². The van der Waals surface area contributed by atoms with Crippen molar-refractivity contribution in [2.75, 3.05) is 39.2 Å². The van der Waals surface area contributed by atoms with Gasteiger partial charge in [-0.1, -0.05) is 30.3 Å². The number of ether oxygens (including phenoxy) is 1. The third-order valence-electron chi connectivity index (χ3n) is 4.08. The zero-order valence-corrected chi connectivity index (χ0v) is 16.3. The first-order chi connectivity index (χ1) is 13.4. The predicted molar refractivity (Wildman–Crippen MR) is 107 cm³/mol. The van der Waals surface area contributed by atoms with Crippen LogP contribution >= 0.6 is 0 Å². The summed E-state index contributed by atoms with van der Waals surface area (Å²) in [5.41, 5.74) is 2.50. The van der Waals surface area contributed by atoms with Gasteiger partial charge in [0.05, 0.1) is 0 Å². The van der Waals surface area contributed by atoms with Gasteiger partial charge in [-0.25, -0.2) is 0 Å². The molecule has 0 aliphatic carbocycles. The third kappa shape index (κ3) is 6.42. The second-order valence-corrected chi connectivity index (χ2v) is 6.52. The Hall–Kier alpha value is -3.35. The number of carbonyl (C=O) groups is 3. The fourth-order valence-corrected chi connectivity index (χ4v) is 2.41. The van der Waals surface area contributed by atoms with Gasteiger partial charge in [0, 0.05) is 38.9 Å². The van der Waals surface area contributed by atoms with E-state index in [1.807, 2.05) is 43.3 Å². The van der Waals surface area contributed by atoms with Gasteiger partial charge in [-0.15, -0.1) is 0 Å². The van der Waals surface area contributed by atoms with E-state index in [0.717, 1.165) is 11.3 Å². The van der Waals surface area contributed by atoms with Gasteiger partial charge in [-0.2, -0.15) is 0 Å². The molecule has 0 aromatic heterocycles. The Morgan fingerprint density at radius 1 is 0.929 bits per heavy atom. The monoisotopic (exact) mass is 383 g/mol. The Kier molecular flexibility index (Phi) is 7.56. The molecule has 0 saturated carbocycles. The molecule has 0 saturated heterocycles. The molecular weight excluding hydrogens is 358 g/mol. The molecule has 0 fully saturated rings. The highest BCUT2D eigenvalue weighted by molar-refractivity contribution is 5.96. The van der Waals surface area contributed by atoms with Crippen molar-refractivity contribution < 1.29 is 19.1 Å². The van der Waals surface area contributed by atoms with Crippen LogP contribution in [0.15, 0.2) is 54.6 Å². The van der Waals surface area contributed by atoms with Crippen LogP contribution in [0.3, 0.4) is 0 Å². The normalized spacial score (nSPS) is 10.1. The number of hydrogen-bond donors (Lipinski definition) is 1. The third-order valence-corrected chi connectivity index (χ3v) is 4.08. The molecular formula is C21H25N3O4. The maximum Gasteiger partial charge on any atom is 0.325 e.